The zero-order valence-corrected chi connectivity index (χ0v) is 8.26. The molecule has 1 aliphatic heterocycles. The monoisotopic (exact) mass is 174 g/mol. The Kier molecular flexibility index (Phi) is 3.06. The number of nitrogens with zero attached hydrogens (tertiary/aromatic N) is 1. The SMILES string of the molecule is CNN(C)CC1COC(C)(C)O1. The Morgan fingerprint density at radius 3 is 2.67 bits per heavy atom. The first-order valence-corrected chi connectivity index (χ1v) is 4.24. The Hall–Kier alpha value is -0.160. The molecule has 4 heteroatoms. The van der Waals surface area contributed by atoms with Crippen LogP contribution in [0.25, 0.3) is 0 Å². The summed E-state index contributed by atoms with van der Waals surface area (Å²) >= 11 is 0. The fourth-order valence-corrected chi connectivity index (χ4v) is 1.25. The maximum absolute atomic E-state index is 5.62. The predicted octanol–water partition coefficient (Wildman–Crippen LogP) is 0.204. The van der Waals surface area contributed by atoms with Gasteiger partial charge in [-0.3, -0.25) is 5.43 Å². The van der Waals surface area contributed by atoms with E-state index in [1.807, 2.05) is 33.0 Å². The van der Waals surface area contributed by atoms with Gasteiger partial charge in [0.25, 0.3) is 0 Å². The molecule has 1 fully saturated rings. The Labute approximate surface area is 73.8 Å². The van der Waals surface area contributed by atoms with Crippen molar-refractivity contribution < 1.29 is 9.47 Å². The topological polar surface area (TPSA) is 33.7 Å². The zero-order chi connectivity index (χ0) is 9.19. The van der Waals surface area contributed by atoms with Crippen molar-refractivity contribution in [3.05, 3.63) is 0 Å². The quantitative estimate of drug-likeness (QED) is 0.620. The molecule has 4 nitrogen and oxygen atoms in total. The van der Waals surface area contributed by atoms with Crippen molar-refractivity contribution >= 4 is 0 Å². The molecule has 1 N–H and O–H groups in total. The van der Waals surface area contributed by atoms with E-state index in [9.17, 15) is 0 Å². The van der Waals surface area contributed by atoms with Crippen LogP contribution in [-0.2, 0) is 9.47 Å². The van der Waals surface area contributed by atoms with E-state index in [4.69, 9.17) is 9.47 Å². The van der Waals surface area contributed by atoms with E-state index >= 15 is 0 Å². The summed E-state index contributed by atoms with van der Waals surface area (Å²) < 4.78 is 11.0. The van der Waals surface area contributed by atoms with Gasteiger partial charge in [-0.15, -0.1) is 0 Å². The van der Waals surface area contributed by atoms with Crippen LogP contribution >= 0.6 is 0 Å². The molecule has 0 aromatic rings. The second kappa shape index (κ2) is 3.70. The summed E-state index contributed by atoms with van der Waals surface area (Å²) in [6, 6.07) is 0. The lowest BCUT2D eigenvalue weighted by molar-refractivity contribution is -0.140. The molecule has 0 spiro atoms. The third kappa shape index (κ3) is 2.71. The molecule has 72 valence electrons. The highest BCUT2D eigenvalue weighted by Crippen LogP contribution is 2.22. The molecule has 0 saturated carbocycles. The highest BCUT2D eigenvalue weighted by Gasteiger charge is 2.32. The van der Waals surface area contributed by atoms with E-state index in [0.29, 0.717) is 6.61 Å². The third-order valence-corrected chi connectivity index (χ3v) is 1.93. The minimum Gasteiger partial charge on any atom is -0.348 e. The fourth-order valence-electron chi connectivity index (χ4n) is 1.25. The van der Waals surface area contributed by atoms with Crippen LogP contribution in [0.5, 0.6) is 0 Å². The van der Waals surface area contributed by atoms with Crippen LogP contribution in [-0.4, -0.2) is 44.1 Å². The average Bonchev–Trinajstić information content (AvgIpc) is 2.30. The van der Waals surface area contributed by atoms with Gasteiger partial charge in [-0.1, -0.05) is 0 Å². The molecule has 1 aliphatic rings. The van der Waals surface area contributed by atoms with Crippen molar-refractivity contribution in [2.45, 2.75) is 25.7 Å². The number of hydrogen-bond donors (Lipinski definition) is 1. The van der Waals surface area contributed by atoms with Crippen molar-refractivity contribution in [3.8, 4) is 0 Å². The van der Waals surface area contributed by atoms with Gasteiger partial charge in [0.2, 0.25) is 0 Å². The molecule has 0 amide bonds. The summed E-state index contributed by atoms with van der Waals surface area (Å²) in [6.07, 6.45) is 0.178. The predicted molar refractivity (Wildman–Crippen MR) is 46.6 cm³/mol. The summed E-state index contributed by atoms with van der Waals surface area (Å²) in [4.78, 5) is 0. The number of hydrazine groups is 1. The summed E-state index contributed by atoms with van der Waals surface area (Å²) in [5.41, 5.74) is 3.02. The zero-order valence-electron chi connectivity index (χ0n) is 8.26. The van der Waals surface area contributed by atoms with Gasteiger partial charge in [0.1, 0.15) is 0 Å². The van der Waals surface area contributed by atoms with Gasteiger partial charge in [-0.25, -0.2) is 5.01 Å². The van der Waals surface area contributed by atoms with Gasteiger partial charge in [-0.2, -0.15) is 0 Å². The van der Waals surface area contributed by atoms with E-state index in [0.717, 1.165) is 6.54 Å². The number of hydrogen-bond acceptors (Lipinski definition) is 4. The summed E-state index contributed by atoms with van der Waals surface area (Å²) in [7, 11) is 3.87. The molecule has 0 aromatic heterocycles. The van der Waals surface area contributed by atoms with E-state index in [-0.39, 0.29) is 6.10 Å². The van der Waals surface area contributed by atoms with Crippen LogP contribution in [0.15, 0.2) is 0 Å². The number of rotatable bonds is 3. The summed E-state index contributed by atoms with van der Waals surface area (Å²) in [5, 5.41) is 1.98. The van der Waals surface area contributed by atoms with Crippen LogP contribution < -0.4 is 5.43 Å². The maximum Gasteiger partial charge on any atom is 0.163 e. The van der Waals surface area contributed by atoms with Gasteiger partial charge in [0.15, 0.2) is 5.79 Å². The lowest BCUT2D eigenvalue weighted by atomic mass is 10.3. The third-order valence-electron chi connectivity index (χ3n) is 1.93. The first-order chi connectivity index (χ1) is 5.53. The van der Waals surface area contributed by atoms with Crippen LogP contribution in [0.3, 0.4) is 0 Å². The van der Waals surface area contributed by atoms with E-state index in [1.54, 1.807) is 0 Å². The summed E-state index contributed by atoms with van der Waals surface area (Å²) in [5.74, 6) is -0.404. The van der Waals surface area contributed by atoms with E-state index in [2.05, 4.69) is 5.43 Å². The fraction of sp³-hybridized carbons (Fsp3) is 1.00. The molecular weight excluding hydrogens is 156 g/mol. The van der Waals surface area contributed by atoms with Crippen LogP contribution in [0.1, 0.15) is 13.8 Å². The number of ether oxygens (including phenoxy) is 2. The highest BCUT2D eigenvalue weighted by atomic mass is 16.7. The maximum atomic E-state index is 5.62. The minimum absolute atomic E-state index is 0.178. The van der Waals surface area contributed by atoms with Gasteiger partial charge in [0, 0.05) is 13.6 Å². The Morgan fingerprint density at radius 1 is 1.58 bits per heavy atom. The Bertz CT molecular complexity index is 150. The number of likely N-dealkylation sites (N-methyl/N-ethyl adjacent to an activating group) is 1. The summed E-state index contributed by atoms with van der Waals surface area (Å²) in [6.45, 7) is 5.40. The second-order valence-corrected chi connectivity index (χ2v) is 3.55. The lowest BCUT2D eigenvalue weighted by Crippen LogP contribution is -2.38. The van der Waals surface area contributed by atoms with E-state index < -0.39 is 5.79 Å². The Balaban J connectivity index is 2.28. The van der Waals surface area contributed by atoms with Crippen LogP contribution in [0, 0.1) is 0 Å². The van der Waals surface area contributed by atoms with Crippen LogP contribution in [0.2, 0.25) is 0 Å². The van der Waals surface area contributed by atoms with Gasteiger partial charge >= 0.3 is 0 Å². The standard InChI is InChI=1S/C8H18N2O2/c1-8(2)11-6-7(12-8)5-10(4)9-3/h7,9H,5-6H2,1-4H3. The van der Waals surface area contributed by atoms with Gasteiger partial charge in [0.05, 0.1) is 12.7 Å². The van der Waals surface area contributed by atoms with E-state index in [1.165, 1.54) is 0 Å². The molecule has 0 aliphatic carbocycles. The largest absolute Gasteiger partial charge is 0.348 e. The molecule has 1 unspecified atom stereocenters. The molecule has 1 saturated heterocycles. The molecule has 0 bridgehead atoms. The van der Waals surface area contributed by atoms with Gasteiger partial charge < -0.3 is 9.47 Å². The van der Waals surface area contributed by atoms with Crippen LogP contribution in [0.4, 0.5) is 0 Å². The Morgan fingerprint density at radius 2 is 2.25 bits per heavy atom. The van der Waals surface area contributed by atoms with Crippen molar-refractivity contribution in [3.63, 3.8) is 0 Å². The smallest absolute Gasteiger partial charge is 0.163 e. The molecule has 1 atom stereocenters. The second-order valence-electron chi connectivity index (χ2n) is 3.55. The van der Waals surface area contributed by atoms with Crippen molar-refractivity contribution in [2.75, 3.05) is 27.2 Å². The molecule has 12 heavy (non-hydrogen) atoms. The van der Waals surface area contributed by atoms with Crippen molar-refractivity contribution in [1.82, 2.24) is 10.4 Å². The molecule has 0 radical (unpaired) electrons. The molecular formula is C8H18N2O2. The van der Waals surface area contributed by atoms with Crippen molar-refractivity contribution in [1.29, 1.82) is 0 Å². The minimum atomic E-state index is -0.404. The average molecular weight is 174 g/mol. The number of nitrogens with one attached hydrogen (secondary N) is 1. The van der Waals surface area contributed by atoms with Gasteiger partial charge in [-0.05, 0) is 20.9 Å². The normalized spacial score (nSPS) is 28.2. The first kappa shape index (κ1) is 9.92. The van der Waals surface area contributed by atoms with Crippen molar-refractivity contribution in [2.24, 2.45) is 0 Å². The highest BCUT2D eigenvalue weighted by molar-refractivity contribution is 4.72. The molecule has 0 aromatic carbocycles. The first-order valence-electron chi connectivity index (χ1n) is 4.24. The lowest BCUT2D eigenvalue weighted by Gasteiger charge is -2.20. The molecule has 1 heterocycles. The molecule has 1 rings (SSSR count).